The summed E-state index contributed by atoms with van der Waals surface area (Å²) in [5.41, 5.74) is 2.36. The van der Waals surface area contributed by atoms with Crippen molar-refractivity contribution in [1.29, 1.82) is 0 Å². The van der Waals surface area contributed by atoms with E-state index in [2.05, 4.69) is 36.2 Å². The van der Waals surface area contributed by atoms with Gasteiger partial charge in [0, 0.05) is 43.2 Å². The number of fused-ring (bicyclic) bond motifs is 1. The largest absolute Gasteiger partial charge is 0.455 e. The lowest BCUT2D eigenvalue weighted by Crippen LogP contribution is -2.47. The Morgan fingerprint density at radius 1 is 1.21 bits per heavy atom. The van der Waals surface area contributed by atoms with E-state index in [1.165, 1.54) is 5.69 Å². The van der Waals surface area contributed by atoms with Crippen molar-refractivity contribution in [3.05, 3.63) is 53.0 Å². The van der Waals surface area contributed by atoms with Gasteiger partial charge in [-0.3, -0.25) is 9.59 Å². The molecule has 28 heavy (non-hydrogen) atoms. The minimum absolute atomic E-state index is 0.0649. The molecule has 1 atom stereocenters. The lowest BCUT2D eigenvalue weighted by atomic mass is 9.76. The first-order chi connectivity index (χ1) is 13.3. The topological polar surface area (TPSA) is 62.6 Å². The Hall–Kier alpha value is -2.56. The van der Waals surface area contributed by atoms with Gasteiger partial charge in [0.05, 0.1) is 5.56 Å². The zero-order valence-corrected chi connectivity index (χ0v) is 16.9. The van der Waals surface area contributed by atoms with E-state index in [4.69, 9.17) is 4.42 Å². The Labute approximate surface area is 166 Å². The monoisotopic (exact) mass is 380 g/mol. The van der Waals surface area contributed by atoms with Gasteiger partial charge in [-0.05, 0) is 37.3 Å². The maximum atomic E-state index is 12.9. The second-order valence-corrected chi connectivity index (χ2v) is 8.89. The Morgan fingerprint density at radius 3 is 2.71 bits per heavy atom. The highest BCUT2D eigenvalue weighted by atomic mass is 16.4. The molecule has 0 saturated carbocycles. The summed E-state index contributed by atoms with van der Waals surface area (Å²) in [5.74, 6) is 0.836. The SMILES string of the molecule is Cc1c(C(=O)NC2CCCN(c3ccccc3)C2)oc2c1C(=O)CC(C)(C)C2. The maximum Gasteiger partial charge on any atom is 0.287 e. The zero-order valence-electron chi connectivity index (χ0n) is 16.9. The molecule has 1 aromatic carbocycles. The van der Waals surface area contributed by atoms with Crippen molar-refractivity contribution in [1.82, 2.24) is 5.32 Å². The molecule has 2 aliphatic rings. The van der Waals surface area contributed by atoms with E-state index in [9.17, 15) is 9.59 Å². The van der Waals surface area contributed by atoms with Gasteiger partial charge in [0.15, 0.2) is 11.5 Å². The molecule has 0 bridgehead atoms. The molecule has 1 aromatic heterocycles. The molecule has 0 spiro atoms. The molecule has 1 saturated heterocycles. The van der Waals surface area contributed by atoms with E-state index in [-0.39, 0.29) is 23.1 Å². The normalized spacial score (nSPS) is 21.3. The lowest BCUT2D eigenvalue weighted by molar-refractivity contribution is 0.0880. The third-order valence-electron chi connectivity index (χ3n) is 5.86. The van der Waals surface area contributed by atoms with Gasteiger partial charge in [0.25, 0.3) is 5.91 Å². The van der Waals surface area contributed by atoms with Crippen LogP contribution in [0.3, 0.4) is 0 Å². The fraction of sp³-hybridized carbons (Fsp3) is 0.478. The summed E-state index contributed by atoms with van der Waals surface area (Å²) in [5, 5.41) is 3.13. The smallest absolute Gasteiger partial charge is 0.287 e. The van der Waals surface area contributed by atoms with Gasteiger partial charge in [0.1, 0.15) is 5.76 Å². The van der Waals surface area contributed by atoms with Gasteiger partial charge in [-0.15, -0.1) is 0 Å². The van der Waals surface area contributed by atoms with E-state index >= 15 is 0 Å². The van der Waals surface area contributed by atoms with Crippen molar-refractivity contribution in [3.8, 4) is 0 Å². The molecular formula is C23H28N2O3. The highest BCUT2D eigenvalue weighted by Crippen LogP contribution is 2.38. The first kappa shape index (κ1) is 18.8. The predicted octanol–water partition coefficient (Wildman–Crippen LogP) is 4.14. The van der Waals surface area contributed by atoms with Crippen molar-refractivity contribution in [2.24, 2.45) is 5.41 Å². The number of carbonyl (C=O) groups excluding carboxylic acids is 2. The molecule has 1 amide bonds. The highest BCUT2D eigenvalue weighted by Gasteiger charge is 2.37. The average molecular weight is 380 g/mol. The zero-order chi connectivity index (χ0) is 19.9. The standard InChI is InChI=1S/C23H28N2O3/c1-15-20-18(26)12-23(2,3)13-19(20)28-21(15)22(27)24-16-8-7-11-25(14-16)17-9-5-4-6-10-17/h4-6,9-10,16H,7-8,11-14H2,1-3H3,(H,24,27). The second-order valence-electron chi connectivity index (χ2n) is 8.89. The number of rotatable bonds is 3. The van der Waals surface area contributed by atoms with Crippen molar-refractivity contribution < 1.29 is 14.0 Å². The second kappa shape index (κ2) is 7.12. The van der Waals surface area contributed by atoms with Crippen LogP contribution in [0.1, 0.15) is 65.3 Å². The number of carbonyl (C=O) groups is 2. The van der Waals surface area contributed by atoms with Crippen molar-refractivity contribution in [2.75, 3.05) is 18.0 Å². The molecule has 2 aromatic rings. The number of amides is 1. The van der Waals surface area contributed by atoms with Crippen LogP contribution in [0, 0.1) is 12.3 Å². The van der Waals surface area contributed by atoms with Crippen LogP contribution in [-0.2, 0) is 6.42 Å². The number of hydrogen-bond acceptors (Lipinski definition) is 4. The van der Waals surface area contributed by atoms with E-state index in [1.54, 1.807) is 0 Å². The van der Waals surface area contributed by atoms with Gasteiger partial charge in [-0.25, -0.2) is 0 Å². The number of piperidine rings is 1. The Bertz CT molecular complexity index is 898. The fourth-order valence-electron chi connectivity index (χ4n) is 4.52. The molecule has 148 valence electrons. The van der Waals surface area contributed by atoms with E-state index < -0.39 is 0 Å². The summed E-state index contributed by atoms with van der Waals surface area (Å²) in [7, 11) is 0. The molecule has 1 N–H and O–H groups in total. The van der Waals surface area contributed by atoms with Gasteiger partial charge in [-0.1, -0.05) is 32.0 Å². The van der Waals surface area contributed by atoms with Crippen LogP contribution in [-0.4, -0.2) is 30.8 Å². The number of anilines is 1. The van der Waals surface area contributed by atoms with E-state index in [1.807, 2.05) is 25.1 Å². The van der Waals surface area contributed by atoms with Gasteiger partial charge in [-0.2, -0.15) is 0 Å². The summed E-state index contributed by atoms with van der Waals surface area (Å²) >= 11 is 0. The fourth-order valence-corrected chi connectivity index (χ4v) is 4.52. The van der Waals surface area contributed by atoms with E-state index in [0.29, 0.717) is 35.5 Å². The van der Waals surface area contributed by atoms with Crippen molar-refractivity contribution in [2.45, 2.75) is 52.5 Å². The van der Waals surface area contributed by atoms with Crippen LogP contribution in [0.25, 0.3) is 0 Å². The number of furan rings is 1. The van der Waals surface area contributed by atoms with Crippen molar-refractivity contribution in [3.63, 3.8) is 0 Å². The summed E-state index contributed by atoms with van der Waals surface area (Å²) in [6, 6.07) is 10.3. The first-order valence-electron chi connectivity index (χ1n) is 10.1. The third kappa shape index (κ3) is 3.58. The quantitative estimate of drug-likeness (QED) is 0.869. The number of ketones is 1. The summed E-state index contributed by atoms with van der Waals surface area (Å²) in [4.78, 5) is 27.8. The minimum Gasteiger partial charge on any atom is -0.455 e. The number of nitrogens with one attached hydrogen (secondary N) is 1. The van der Waals surface area contributed by atoms with Crippen molar-refractivity contribution >= 4 is 17.4 Å². The Balaban J connectivity index is 1.49. The Kier molecular flexibility index (Phi) is 4.77. The molecule has 5 nitrogen and oxygen atoms in total. The highest BCUT2D eigenvalue weighted by molar-refractivity contribution is 6.03. The first-order valence-corrected chi connectivity index (χ1v) is 10.1. The average Bonchev–Trinajstić information content (AvgIpc) is 2.98. The van der Waals surface area contributed by atoms with E-state index in [0.717, 1.165) is 25.9 Å². The molecule has 4 rings (SSSR count). The van der Waals surface area contributed by atoms with Crippen LogP contribution in [0.5, 0.6) is 0 Å². The summed E-state index contributed by atoms with van der Waals surface area (Å²) < 4.78 is 5.91. The molecule has 2 heterocycles. The van der Waals surface area contributed by atoms with Crippen LogP contribution in [0.2, 0.25) is 0 Å². The summed E-state index contributed by atoms with van der Waals surface area (Å²) in [6.07, 6.45) is 3.16. The van der Waals surface area contributed by atoms with Crippen LogP contribution >= 0.6 is 0 Å². The number of hydrogen-bond donors (Lipinski definition) is 1. The minimum atomic E-state index is -0.211. The van der Waals surface area contributed by atoms with Gasteiger partial charge >= 0.3 is 0 Å². The van der Waals surface area contributed by atoms with Gasteiger partial charge in [0.2, 0.25) is 0 Å². The molecule has 5 heteroatoms. The predicted molar refractivity (Wildman–Crippen MR) is 109 cm³/mol. The number of benzene rings is 1. The van der Waals surface area contributed by atoms with Crippen LogP contribution in [0.4, 0.5) is 5.69 Å². The molecule has 1 unspecified atom stereocenters. The molecule has 1 fully saturated rings. The number of nitrogens with zero attached hydrogens (tertiary/aromatic N) is 1. The third-order valence-corrected chi connectivity index (χ3v) is 5.86. The molecular weight excluding hydrogens is 352 g/mol. The summed E-state index contributed by atoms with van der Waals surface area (Å²) in [6.45, 7) is 7.72. The molecule has 1 aliphatic heterocycles. The van der Waals surface area contributed by atoms with Crippen LogP contribution < -0.4 is 10.2 Å². The molecule has 1 aliphatic carbocycles. The maximum absolute atomic E-state index is 12.9. The number of para-hydroxylation sites is 1. The molecule has 0 radical (unpaired) electrons. The lowest BCUT2D eigenvalue weighted by Gasteiger charge is -2.34. The Morgan fingerprint density at radius 2 is 1.96 bits per heavy atom. The van der Waals surface area contributed by atoms with Crippen LogP contribution in [0.15, 0.2) is 34.7 Å². The van der Waals surface area contributed by atoms with Gasteiger partial charge < -0.3 is 14.6 Å². The number of Topliss-reactive ketones (excluding diaryl/α,β-unsaturated/α-hetero) is 1.